The van der Waals surface area contributed by atoms with Crippen LogP contribution in [0.3, 0.4) is 0 Å². The molecular formula is C18H16ClN5O3. The second kappa shape index (κ2) is 7.63. The van der Waals surface area contributed by atoms with Crippen molar-refractivity contribution in [2.75, 3.05) is 18.5 Å². The minimum atomic E-state index is -0.157. The summed E-state index contributed by atoms with van der Waals surface area (Å²) < 4.78 is 12.8. The molecule has 3 aromatic rings. The van der Waals surface area contributed by atoms with Crippen molar-refractivity contribution < 1.29 is 14.3 Å². The number of nitrogens with one attached hydrogen (secondary N) is 1. The summed E-state index contributed by atoms with van der Waals surface area (Å²) in [5.74, 6) is 0.959. The van der Waals surface area contributed by atoms with Crippen LogP contribution < -0.4 is 14.8 Å². The monoisotopic (exact) mass is 385 g/mol. The molecule has 8 nitrogen and oxygen atoms in total. The van der Waals surface area contributed by atoms with E-state index in [4.69, 9.17) is 21.1 Å². The maximum atomic E-state index is 12.4. The van der Waals surface area contributed by atoms with E-state index in [1.165, 1.54) is 11.0 Å². The van der Waals surface area contributed by atoms with E-state index >= 15 is 0 Å². The van der Waals surface area contributed by atoms with Gasteiger partial charge in [0.05, 0.1) is 30.3 Å². The molecule has 0 unspecified atom stereocenters. The lowest BCUT2D eigenvalue weighted by Gasteiger charge is -2.12. The quantitative estimate of drug-likeness (QED) is 0.742. The van der Waals surface area contributed by atoms with Crippen LogP contribution in [0.4, 0.5) is 5.69 Å². The fourth-order valence-electron chi connectivity index (χ4n) is 2.75. The third kappa shape index (κ3) is 4.01. The molecule has 1 N–H and O–H groups in total. The zero-order valence-electron chi connectivity index (χ0n) is 14.3. The second-order valence-corrected chi connectivity index (χ2v) is 6.39. The highest BCUT2D eigenvalue weighted by atomic mass is 35.5. The van der Waals surface area contributed by atoms with Crippen molar-refractivity contribution in [2.24, 2.45) is 0 Å². The van der Waals surface area contributed by atoms with Gasteiger partial charge in [-0.3, -0.25) is 4.79 Å². The molecule has 0 fully saturated rings. The first-order valence-corrected chi connectivity index (χ1v) is 8.78. The molecule has 27 heavy (non-hydrogen) atoms. The van der Waals surface area contributed by atoms with Crippen LogP contribution in [0.25, 0.3) is 5.69 Å². The van der Waals surface area contributed by atoms with Gasteiger partial charge in [0.2, 0.25) is 5.91 Å². The Hall–Kier alpha value is -3.13. The van der Waals surface area contributed by atoms with E-state index in [1.54, 1.807) is 24.3 Å². The lowest BCUT2D eigenvalue weighted by atomic mass is 10.1. The lowest BCUT2D eigenvalue weighted by Crippen LogP contribution is -2.14. The molecular weight excluding hydrogens is 370 g/mol. The normalized spacial score (nSPS) is 13.1. The molecule has 0 spiro atoms. The number of fused-ring (bicyclic) bond motifs is 1. The summed E-state index contributed by atoms with van der Waals surface area (Å²) in [5.41, 5.74) is 2.23. The van der Waals surface area contributed by atoms with Gasteiger partial charge >= 0.3 is 0 Å². The minimum Gasteiger partial charge on any atom is -0.489 e. The highest BCUT2D eigenvalue weighted by Gasteiger charge is 2.17. The molecule has 0 bridgehead atoms. The van der Waals surface area contributed by atoms with Crippen LogP contribution in [0.2, 0.25) is 5.02 Å². The Morgan fingerprint density at radius 1 is 1.19 bits per heavy atom. The minimum absolute atomic E-state index is 0.157. The van der Waals surface area contributed by atoms with Crippen LogP contribution in [0.5, 0.6) is 11.5 Å². The summed E-state index contributed by atoms with van der Waals surface area (Å²) in [6.07, 6.45) is 2.47. The molecule has 1 aliphatic rings. The third-order valence-electron chi connectivity index (χ3n) is 3.99. The molecule has 2 aromatic carbocycles. The Bertz CT molecular complexity index is 944. The number of tetrazole rings is 1. The van der Waals surface area contributed by atoms with Gasteiger partial charge in [0.15, 0.2) is 11.5 Å². The third-order valence-corrected chi connectivity index (χ3v) is 4.27. The summed E-state index contributed by atoms with van der Waals surface area (Å²) in [4.78, 5) is 12.4. The van der Waals surface area contributed by atoms with Crippen LogP contribution in [-0.2, 0) is 11.2 Å². The van der Waals surface area contributed by atoms with Gasteiger partial charge in [-0.2, -0.15) is 0 Å². The van der Waals surface area contributed by atoms with Gasteiger partial charge in [-0.1, -0.05) is 11.6 Å². The van der Waals surface area contributed by atoms with Crippen molar-refractivity contribution in [1.82, 2.24) is 20.2 Å². The second-order valence-electron chi connectivity index (χ2n) is 5.98. The molecule has 0 saturated heterocycles. The number of aromatic nitrogens is 4. The van der Waals surface area contributed by atoms with Crippen LogP contribution in [0.1, 0.15) is 12.0 Å². The first kappa shape index (κ1) is 17.3. The Kier molecular flexibility index (Phi) is 4.88. The van der Waals surface area contributed by atoms with Gasteiger partial charge in [0, 0.05) is 12.1 Å². The Morgan fingerprint density at radius 2 is 2.00 bits per heavy atom. The summed E-state index contributed by atoms with van der Waals surface area (Å²) in [6, 6.07) is 10.7. The van der Waals surface area contributed by atoms with Gasteiger partial charge < -0.3 is 14.8 Å². The Morgan fingerprint density at radius 3 is 2.78 bits per heavy atom. The van der Waals surface area contributed by atoms with E-state index < -0.39 is 0 Å². The molecule has 9 heteroatoms. The van der Waals surface area contributed by atoms with Gasteiger partial charge in [0.25, 0.3) is 0 Å². The molecule has 1 aliphatic heterocycles. The summed E-state index contributed by atoms with van der Waals surface area (Å²) in [5, 5.41) is 14.3. The summed E-state index contributed by atoms with van der Waals surface area (Å²) in [6.45, 7) is 1.12. The fourth-order valence-corrected chi connectivity index (χ4v) is 3.04. The maximum absolute atomic E-state index is 12.4. The van der Waals surface area contributed by atoms with Crippen molar-refractivity contribution in [3.05, 3.63) is 53.3 Å². The molecule has 138 valence electrons. The van der Waals surface area contributed by atoms with E-state index in [-0.39, 0.29) is 12.3 Å². The van der Waals surface area contributed by atoms with E-state index in [9.17, 15) is 4.79 Å². The zero-order chi connectivity index (χ0) is 18.6. The highest BCUT2D eigenvalue weighted by Crippen LogP contribution is 2.38. The predicted octanol–water partition coefficient (Wildman–Crippen LogP) is 2.66. The summed E-state index contributed by atoms with van der Waals surface area (Å²) >= 11 is 6.27. The van der Waals surface area contributed by atoms with E-state index in [2.05, 4.69) is 20.8 Å². The van der Waals surface area contributed by atoms with Crippen LogP contribution in [0.15, 0.2) is 42.7 Å². The average Bonchev–Trinajstić information content (AvgIpc) is 3.08. The number of carbonyl (C=O) groups excluding carboxylic acids is 1. The van der Waals surface area contributed by atoms with E-state index in [0.29, 0.717) is 35.4 Å². The molecule has 1 amide bonds. The molecule has 0 saturated carbocycles. The lowest BCUT2D eigenvalue weighted by molar-refractivity contribution is -0.115. The van der Waals surface area contributed by atoms with Gasteiger partial charge in [0.1, 0.15) is 6.33 Å². The largest absolute Gasteiger partial charge is 0.489 e. The highest BCUT2D eigenvalue weighted by molar-refractivity contribution is 6.32. The first-order chi connectivity index (χ1) is 13.2. The molecule has 0 radical (unpaired) electrons. The van der Waals surface area contributed by atoms with Crippen molar-refractivity contribution in [3.63, 3.8) is 0 Å². The number of amides is 1. The molecule has 4 rings (SSSR count). The Labute approximate surface area is 160 Å². The SMILES string of the molecule is O=C(Cc1cc(Cl)c2c(c1)OCCCO2)Nc1ccc(-n2cnnn2)cc1. The average molecular weight is 386 g/mol. The maximum Gasteiger partial charge on any atom is 0.228 e. The number of anilines is 1. The predicted molar refractivity (Wildman–Crippen MR) is 98.5 cm³/mol. The zero-order valence-corrected chi connectivity index (χ0v) is 15.0. The van der Waals surface area contributed by atoms with Gasteiger partial charge in [-0.25, -0.2) is 4.68 Å². The fraction of sp³-hybridized carbons (Fsp3) is 0.222. The van der Waals surface area contributed by atoms with Crippen molar-refractivity contribution in [1.29, 1.82) is 0 Å². The van der Waals surface area contributed by atoms with Crippen molar-refractivity contribution in [2.45, 2.75) is 12.8 Å². The van der Waals surface area contributed by atoms with E-state index in [0.717, 1.165) is 17.7 Å². The molecule has 2 heterocycles. The van der Waals surface area contributed by atoms with Crippen molar-refractivity contribution >= 4 is 23.2 Å². The van der Waals surface area contributed by atoms with Crippen molar-refractivity contribution in [3.8, 4) is 17.2 Å². The number of rotatable bonds is 4. The van der Waals surface area contributed by atoms with Crippen LogP contribution >= 0.6 is 11.6 Å². The topological polar surface area (TPSA) is 91.2 Å². The molecule has 0 aliphatic carbocycles. The van der Waals surface area contributed by atoms with Gasteiger partial charge in [-0.05, 0) is 52.4 Å². The number of carbonyl (C=O) groups is 1. The smallest absolute Gasteiger partial charge is 0.228 e. The Balaban J connectivity index is 1.43. The number of hydrogen-bond donors (Lipinski definition) is 1. The van der Waals surface area contributed by atoms with E-state index in [1.807, 2.05) is 12.1 Å². The molecule has 0 atom stereocenters. The number of nitrogens with zero attached hydrogens (tertiary/aromatic N) is 4. The van der Waals surface area contributed by atoms with Crippen LogP contribution in [-0.4, -0.2) is 39.3 Å². The number of hydrogen-bond acceptors (Lipinski definition) is 6. The number of benzene rings is 2. The first-order valence-electron chi connectivity index (χ1n) is 8.40. The summed E-state index contributed by atoms with van der Waals surface area (Å²) in [7, 11) is 0. The number of halogens is 1. The van der Waals surface area contributed by atoms with Gasteiger partial charge in [-0.15, -0.1) is 5.10 Å². The molecule has 1 aromatic heterocycles. The number of ether oxygens (including phenoxy) is 2. The van der Waals surface area contributed by atoms with Crippen LogP contribution in [0, 0.1) is 0 Å². The standard InChI is InChI=1S/C18H16ClN5O3/c19-15-8-12(9-16-18(15)27-7-1-6-26-16)10-17(25)21-13-2-4-14(5-3-13)24-11-20-22-23-24/h2-5,8-9,11H,1,6-7,10H2,(H,21,25).